The van der Waals surface area contributed by atoms with Crippen LogP contribution < -0.4 is 17.0 Å². The van der Waals surface area contributed by atoms with Crippen LogP contribution in [0.1, 0.15) is 25.3 Å². The molecule has 0 bridgehead atoms. The van der Waals surface area contributed by atoms with E-state index in [1.54, 1.807) is 4.57 Å². The predicted octanol–water partition coefficient (Wildman–Crippen LogP) is 0.282. The Morgan fingerprint density at radius 2 is 1.91 bits per heavy atom. The van der Waals surface area contributed by atoms with Crippen molar-refractivity contribution in [3.05, 3.63) is 29.3 Å². The summed E-state index contributed by atoms with van der Waals surface area (Å²) >= 11 is 9.15. The van der Waals surface area contributed by atoms with Crippen LogP contribution in [0.3, 0.4) is 0 Å². The average molecular weight is 676 g/mol. The molecule has 0 saturated carbocycles. The molecule has 0 radical (unpaired) electrons. The van der Waals surface area contributed by atoms with Crippen molar-refractivity contribution in [3.63, 3.8) is 0 Å². The molecule has 2 aliphatic heterocycles. The van der Waals surface area contributed by atoms with Crippen molar-refractivity contribution >= 4 is 72.1 Å². The van der Waals surface area contributed by atoms with Crippen LogP contribution in [0.2, 0.25) is 0 Å². The second kappa shape index (κ2) is 12.0. The van der Waals surface area contributed by atoms with Gasteiger partial charge in [-0.15, -0.1) is 4.52 Å². The van der Waals surface area contributed by atoms with Gasteiger partial charge in [-0.2, -0.15) is 4.98 Å². The smallest absolute Gasteiger partial charge is 0.394 e. The van der Waals surface area contributed by atoms with E-state index in [1.807, 2.05) is 0 Å². The van der Waals surface area contributed by atoms with E-state index in [9.17, 15) is 19.4 Å². The number of thiol groups is 1. The van der Waals surface area contributed by atoms with E-state index < -0.39 is 56.4 Å². The minimum absolute atomic E-state index is 0.00463. The van der Waals surface area contributed by atoms with Crippen LogP contribution in [-0.2, 0) is 39.4 Å². The van der Waals surface area contributed by atoms with Crippen LogP contribution in [0.25, 0.3) is 22.3 Å². The highest BCUT2D eigenvalue weighted by Crippen LogP contribution is 2.50. The maximum absolute atomic E-state index is 12.2. The van der Waals surface area contributed by atoms with Gasteiger partial charge in [-0.3, -0.25) is 18.9 Å². The van der Waals surface area contributed by atoms with Crippen LogP contribution in [0.15, 0.2) is 23.8 Å². The number of imidazole rings is 2. The fraction of sp³-hybridized carbons (Fsp3) is 0.500. The molecule has 2 aliphatic rings. The van der Waals surface area contributed by atoms with Gasteiger partial charge in [-0.25, -0.2) is 19.9 Å². The lowest BCUT2D eigenvalue weighted by Gasteiger charge is -2.25. The first-order valence-corrected chi connectivity index (χ1v) is 17.5. The first kappa shape index (κ1) is 30.4. The highest BCUT2D eigenvalue weighted by Gasteiger charge is 2.45. The summed E-state index contributed by atoms with van der Waals surface area (Å²) in [7, 11) is -2.32. The number of hydrogen-bond acceptors (Lipinski definition) is 16. The number of nitrogens with two attached hydrogens (primary N) is 2. The lowest BCUT2D eigenvalue weighted by molar-refractivity contribution is -0.0526. The third-order valence-corrected chi connectivity index (χ3v) is 9.17. The van der Waals surface area contributed by atoms with Gasteiger partial charge in [0.05, 0.1) is 32.0 Å². The molecular weight excluding hydrogens is 650 g/mol. The number of anilines is 2. The Kier molecular flexibility index (Phi) is 8.48. The second-order valence-corrected chi connectivity index (χ2v) is 14.0. The standard InChI is InChI=1S/C20H24N10O9P2S2/c21-15-13-16(24-5-23-15)29(6-25-13)12-2-9(38-40(33)42)11(37-12)4-35-41(34,43)39-10-1-8(3-31)36-19(10)30-7-26-14-17(30)27-20(22)28-18(14)32/h5-12,19,31H,1-4H2,(H6-,21,22,23,24,27,28,32,33,34,42,43)/p+1/t8-,9-,10-,11+,12+,19+,41?/m0/s1. The second-order valence-electron chi connectivity index (χ2n) is 9.58. The van der Waals surface area contributed by atoms with Crippen molar-refractivity contribution in [1.29, 1.82) is 0 Å². The zero-order valence-electron chi connectivity index (χ0n) is 21.8. The van der Waals surface area contributed by atoms with E-state index in [0.29, 0.717) is 11.2 Å². The van der Waals surface area contributed by atoms with Crippen LogP contribution in [0.4, 0.5) is 11.8 Å². The van der Waals surface area contributed by atoms with E-state index in [-0.39, 0.29) is 49.0 Å². The topological polar surface area (TPSA) is 263 Å². The van der Waals surface area contributed by atoms with Crippen LogP contribution in [-0.4, -0.2) is 86.7 Å². The summed E-state index contributed by atoms with van der Waals surface area (Å²) in [4.78, 5) is 46.2. The van der Waals surface area contributed by atoms with Crippen molar-refractivity contribution in [2.45, 2.75) is 49.7 Å². The Labute approximate surface area is 252 Å². The fourth-order valence-electron chi connectivity index (χ4n) is 5.00. The summed E-state index contributed by atoms with van der Waals surface area (Å²) in [6, 6.07) is 0. The molecule has 6 rings (SSSR count). The number of hydrogen-bond donors (Lipinski definition) is 6. The van der Waals surface area contributed by atoms with Gasteiger partial charge in [0.1, 0.15) is 48.6 Å². The minimum Gasteiger partial charge on any atom is -0.394 e. The Balaban J connectivity index is 1.18. The summed E-state index contributed by atoms with van der Waals surface area (Å²) in [5.74, 6) is 0.0524. The summed E-state index contributed by atoms with van der Waals surface area (Å²) in [5, 5.41) is 9.74. The number of H-pyrrole nitrogens is 1. The van der Waals surface area contributed by atoms with E-state index in [1.165, 1.54) is 23.5 Å². The molecule has 19 nitrogen and oxygen atoms in total. The molecule has 23 heteroatoms. The summed E-state index contributed by atoms with van der Waals surface area (Å²) in [6.45, 7) is -4.66. The highest BCUT2D eigenvalue weighted by molar-refractivity contribution is 8.39. The minimum atomic E-state index is -3.99. The van der Waals surface area contributed by atoms with Gasteiger partial charge in [0.2, 0.25) is 5.95 Å². The first-order chi connectivity index (χ1) is 20.5. The van der Waals surface area contributed by atoms with Gasteiger partial charge >= 0.3 is 13.9 Å². The molecule has 4 aromatic heterocycles. The van der Waals surface area contributed by atoms with Crippen LogP contribution >= 0.6 is 26.2 Å². The van der Waals surface area contributed by atoms with E-state index >= 15 is 0 Å². The maximum Gasteiger partial charge on any atom is 0.582 e. The van der Waals surface area contributed by atoms with Crippen molar-refractivity contribution < 1.29 is 37.6 Å². The molecule has 8 atom stereocenters. The largest absolute Gasteiger partial charge is 0.582 e. The molecule has 0 spiro atoms. The van der Waals surface area contributed by atoms with Gasteiger partial charge in [-0.1, -0.05) is 0 Å². The molecular formula is C20H25N10O9P2S2+. The van der Waals surface area contributed by atoms with Crippen LogP contribution in [0.5, 0.6) is 0 Å². The maximum atomic E-state index is 12.2. The molecule has 4 aromatic rings. The van der Waals surface area contributed by atoms with Crippen molar-refractivity contribution in [2.75, 3.05) is 24.7 Å². The Bertz CT molecular complexity index is 1790. The molecule has 0 aromatic carbocycles. The lowest BCUT2D eigenvalue weighted by Crippen LogP contribution is -2.28. The predicted molar refractivity (Wildman–Crippen MR) is 155 cm³/mol. The van der Waals surface area contributed by atoms with Crippen molar-refractivity contribution in [3.8, 4) is 0 Å². The van der Waals surface area contributed by atoms with Gasteiger partial charge in [0, 0.05) is 12.8 Å². The number of ether oxygens (including phenoxy) is 2. The molecule has 0 aliphatic carbocycles. The van der Waals surface area contributed by atoms with Gasteiger partial charge in [-0.05, 0) is 16.4 Å². The highest BCUT2D eigenvalue weighted by atomic mass is 32.7. The molecule has 7 N–H and O–H groups in total. The summed E-state index contributed by atoms with van der Waals surface area (Å²) in [6.07, 6.45) is -0.513. The van der Waals surface area contributed by atoms with Crippen molar-refractivity contribution in [1.82, 2.24) is 39.0 Å². The van der Waals surface area contributed by atoms with E-state index in [4.69, 9.17) is 46.3 Å². The molecule has 43 heavy (non-hydrogen) atoms. The van der Waals surface area contributed by atoms with Gasteiger partial charge in [0.15, 0.2) is 28.9 Å². The summed E-state index contributed by atoms with van der Waals surface area (Å²) < 4.78 is 43.8. The normalized spacial score (nSPS) is 27.7. The van der Waals surface area contributed by atoms with Crippen LogP contribution in [0, 0.1) is 0 Å². The van der Waals surface area contributed by atoms with E-state index in [2.05, 4.69) is 42.2 Å². The monoisotopic (exact) mass is 675 g/mol. The number of nitrogens with one attached hydrogen (secondary N) is 1. The Morgan fingerprint density at radius 1 is 1.14 bits per heavy atom. The number of fused-ring (bicyclic) bond motifs is 2. The number of aliphatic hydroxyl groups is 1. The fourth-order valence-corrected chi connectivity index (χ4v) is 7.26. The number of aliphatic hydroxyl groups excluding tert-OH is 1. The Morgan fingerprint density at radius 3 is 2.67 bits per heavy atom. The molecule has 2 unspecified atom stereocenters. The molecule has 2 fully saturated rings. The van der Waals surface area contributed by atoms with Gasteiger partial charge < -0.3 is 40.0 Å². The first-order valence-electron chi connectivity index (χ1n) is 12.6. The number of aromatic nitrogens is 8. The number of nitrogens with zero attached hydrogens (tertiary/aromatic N) is 7. The zero-order valence-corrected chi connectivity index (χ0v) is 25.3. The zero-order chi connectivity index (χ0) is 30.5. The average Bonchev–Trinajstić information content (AvgIpc) is 3.72. The third kappa shape index (κ3) is 6.16. The number of nitrogen functional groups attached to an aromatic ring is 2. The molecule has 0 amide bonds. The molecule has 2 saturated heterocycles. The Hall–Kier alpha value is -2.68. The lowest BCUT2D eigenvalue weighted by atomic mass is 10.2. The number of aromatic amines is 1. The summed E-state index contributed by atoms with van der Waals surface area (Å²) in [5.41, 5.74) is 11.9. The third-order valence-electron chi connectivity index (χ3n) is 6.85. The quantitative estimate of drug-likeness (QED) is 0.0974. The SMILES string of the molecule is Nc1nc2c(ncn2[C@@H]2O[C@H](CO)C[C@@H]2OP(O)(=S)OC[C@H]2O[C@@H](n3cnc4c(N)ncnc43)C[C@@H]2O[P+](=O)S)c(=O)[nH]1. The molecule has 6 heterocycles. The van der Waals surface area contributed by atoms with Crippen molar-refractivity contribution in [2.24, 2.45) is 0 Å². The van der Waals surface area contributed by atoms with Gasteiger partial charge in [0.25, 0.3) is 5.56 Å². The van der Waals surface area contributed by atoms with E-state index in [0.717, 1.165) is 0 Å². The number of rotatable bonds is 10. The molecule has 230 valence electrons.